The molecule has 6 heteroatoms. The maximum absolute atomic E-state index is 12.2. The molecule has 0 spiro atoms. The Hall–Kier alpha value is -1.53. The highest BCUT2D eigenvalue weighted by Crippen LogP contribution is 2.27. The molecule has 1 rings (SSSR count). The molecule has 0 aliphatic rings. The van der Waals surface area contributed by atoms with E-state index in [4.69, 9.17) is 10.5 Å². The molecule has 0 unspecified atom stereocenters. The van der Waals surface area contributed by atoms with Gasteiger partial charge in [-0.2, -0.15) is 4.31 Å². The van der Waals surface area contributed by atoms with Crippen molar-refractivity contribution in [3.8, 4) is 5.75 Å². The Morgan fingerprint density at radius 1 is 1.53 bits per heavy atom. The molecule has 1 aromatic carbocycles. The average Bonchev–Trinajstić information content (AvgIpc) is 2.28. The highest BCUT2D eigenvalue weighted by atomic mass is 32.2. The molecule has 5 nitrogen and oxygen atoms in total. The Morgan fingerprint density at radius 2 is 2.18 bits per heavy atom. The molecular weight excluding hydrogens is 240 g/mol. The van der Waals surface area contributed by atoms with Crippen molar-refractivity contribution in [2.45, 2.75) is 4.90 Å². The van der Waals surface area contributed by atoms with E-state index in [-0.39, 0.29) is 17.2 Å². The van der Waals surface area contributed by atoms with Gasteiger partial charge in [0.25, 0.3) is 0 Å². The first kappa shape index (κ1) is 13.5. The van der Waals surface area contributed by atoms with E-state index < -0.39 is 10.0 Å². The van der Waals surface area contributed by atoms with Gasteiger partial charge >= 0.3 is 0 Å². The third-order valence-corrected chi connectivity index (χ3v) is 4.12. The lowest BCUT2D eigenvalue weighted by Gasteiger charge is -2.17. The maximum atomic E-state index is 12.2. The molecule has 0 aliphatic carbocycles. The number of hydrogen-bond acceptors (Lipinski definition) is 4. The van der Waals surface area contributed by atoms with Crippen molar-refractivity contribution in [1.82, 2.24) is 4.31 Å². The lowest BCUT2D eigenvalue weighted by atomic mass is 10.3. The average molecular weight is 256 g/mol. The van der Waals surface area contributed by atoms with E-state index in [9.17, 15) is 8.42 Å². The van der Waals surface area contributed by atoms with Gasteiger partial charge < -0.3 is 10.5 Å². The van der Waals surface area contributed by atoms with Crippen LogP contribution < -0.4 is 10.5 Å². The summed E-state index contributed by atoms with van der Waals surface area (Å²) in [6.45, 7) is 3.74. The van der Waals surface area contributed by atoms with Gasteiger partial charge in [-0.1, -0.05) is 6.08 Å². The first-order valence-electron chi connectivity index (χ1n) is 4.94. The molecule has 0 atom stereocenters. The number of sulfonamides is 1. The van der Waals surface area contributed by atoms with Crippen molar-refractivity contribution in [3.63, 3.8) is 0 Å². The second-order valence-corrected chi connectivity index (χ2v) is 5.50. The minimum Gasteiger partial charge on any atom is -0.495 e. The molecule has 94 valence electrons. The Labute approximate surface area is 102 Å². The first-order valence-corrected chi connectivity index (χ1v) is 6.38. The summed E-state index contributed by atoms with van der Waals surface area (Å²) in [4.78, 5) is 0.0959. The Bertz CT molecular complexity index is 511. The minimum absolute atomic E-state index is 0.0959. The molecule has 0 bridgehead atoms. The SMILES string of the molecule is C=CCN(C)S(=O)(=O)c1ccc(N)cc1OC. The second-order valence-electron chi connectivity index (χ2n) is 3.48. The quantitative estimate of drug-likeness (QED) is 0.632. The first-order chi connectivity index (χ1) is 7.93. The molecule has 0 aliphatic heterocycles. The summed E-state index contributed by atoms with van der Waals surface area (Å²) in [5.41, 5.74) is 6.03. The minimum atomic E-state index is -3.58. The molecular formula is C11H16N2O3S. The van der Waals surface area contributed by atoms with Crippen LogP contribution in [0.5, 0.6) is 5.75 Å². The number of nitrogen functional groups attached to an aromatic ring is 1. The summed E-state index contributed by atoms with van der Waals surface area (Å²) in [5.74, 6) is 0.237. The van der Waals surface area contributed by atoms with Crippen molar-refractivity contribution in [3.05, 3.63) is 30.9 Å². The second kappa shape index (κ2) is 5.20. The summed E-state index contributed by atoms with van der Waals surface area (Å²) >= 11 is 0. The zero-order chi connectivity index (χ0) is 13.1. The predicted octanol–water partition coefficient (Wildman–Crippen LogP) is 1.08. The zero-order valence-electron chi connectivity index (χ0n) is 9.88. The molecule has 0 saturated carbocycles. The van der Waals surface area contributed by atoms with Gasteiger partial charge in [0.1, 0.15) is 10.6 Å². The zero-order valence-corrected chi connectivity index (χ0v) is 10.7. The lowest BCUT2D eigenvalue weighted by Crippen LogP contribution is -2.27. The normalized spacial score (nSPS) is 11.5. The topological polar surface area (TPSA) is 72.6 Å². The largest absolute Gasteiger partial charge is 0.495 e. The number of benzene rings is 1. The van der Waals surface area contributed by atoms with Crippen LogP contribution in [0.2, 0.25) is 0 Å². The smallest absolute Gasteiger partial charge is 0.246 e. The standard InChI is InChI=1S/C11H16N2O3S/c1-4-7-13(2)17(14,15)11-6-5-9(12)8-10(11)16-3/h4-6,8H,1,7,12H2,2-3H3. The molecule has 1 aromatic rings. The predicted molar refractivity (Wildman–Crippen MR) is 67.4 cm³/mol. The highest BCUT2D eigenvalue weighted by molar-refractivity contribution is 7.89. The van der Waals surface area contributed by atoms with Gasteiger partial charge in [-0.25, -0.2) is 8.42 Å². The summed E-state index contributed by atoms with van der Waals surface area (Å²) in [6, 6.07) is 4.44. The monoisotopic (exact) mass is 256 g/mol. The Morgan fingerprint density at radius 3 is 2.71 bits per heavy atom. The van der Waals surface area contributed by atoms with Gasteiger partial charge in [0, 0.05) is 25.3 Å². The summed E-state index contributed by atoms with van der Waals surface area (Å²) < 4.78 is 30.6. The van der Waals surface area contributed by atoms with Gasteiger partial charge in [-0.15, -0.1) is 6.58 Å². The fourth-order valence-electron chi connectivity index (χ4n) is 1.35. The molecule has 0 aromatic heterocycles. The summed E-state index contributed by atoms with van der Waals surface area (Å²) in [7, 11) is -0.696. The van der Waals surface area contributed by atoms with Crippen LogP contribution in [0.1, 0.15) is 0 Å². The van der Waals surface area contributed by atoms with Gasteiger partial charge in [0.15, 0.2) is 0 Å². The fraction of sp³-hybridized carbons (Fsp3) is 0.273. The number of likely N-dealkylation sites (N-methyl/N-ethyl adjacent to an activating group) is 1. The number of nitrogens with zero attached hydrogens (tertiary/aromatic N) is 1. The molecule has 0 saturated heterocycles. The highest BCUT2D eigenvalue weighted by Gasteiger charge is 2.23. The number of methoxy groups -OCH3 is 1. The van der Waals surface area contributed by atoms with E-state index in [0.717, 1.165) is 0 Å². The van der Waals surface area contributed by atoms with E-state index in [1.165, 1.54) is 42.7 Å². The van der Waals surface area contributed by atoms with Crippen molar-refractivity contribution in [2.75, 3.05) is 26.4 Å². The number of ether oxygens (including phenoxy) is 1. The molecule has 0 radical (unpaired) electrons. The van der Waals surface area contributed by atoms with Crippen LogP contribution in [0.15, 0.2) is 35.7 Å². The summed E-state index contributed by atoms with van der Waals surface area (Å²) in [5, 5.41) is 0. The van der Waals surface area contributed by atoms with E-state index >= 15 is 0 Å². The van der Waals surface area contributed by atoms with Gasteiger partial charge in [0.2, 0.25) is 10.0 Å². The summed E-state index contributed by atoms with van der Waals surface area (Å²) in [6.07, 6.45) is 1.52. The van der Waals surface area contributed by atoms with Crippen LogP contribution in [-0.2, 0) is 10.0 Å². The van der Waals surface area contributed by atoms with Crippen LogP contribution >= 0.6 is 0 Å². The lowest BCUT2D eigenvalue weighted by molar-refractivity contribution is 0.400. The number of nitrogens with two attached hydrogens (primary N) is 1. The van der Waals surface area contributed by atoms with Gasteiger partial charge in [-0.3, -0.25) is 0 Å². The molecule has 0 fully saturated rings. The van der Waals surface area contributed by atoms with E-state index in [2.05, 4.69) is 6.58 Å². The number of rotatable bonds is 5. The third-order valence-electron chi connectivity index (χ3n) is 2.26. The van der Waals surface area contributed by atoms with Gasteiger partial charge in [0.05, 0.1) is 7.11 Å². The number of hydrogen-bond donors (Lipinski definition) is 1. The van der Waals surface area contributed by atoms with E-state index in [1.54, 1.807) is 0 Å². The van der Waals surface area contributed by atoms with Crippen LogP contribution in [0.25, 0.3) is 0 Å². The number of anilines is 1. The van der Waals surface area contributed by atoms with Crippen LogP contribution in [-0.4, -0.2) is 33.4 Å². The van der Waals surface area contributed by atoms with Crippen LogP contribution in [0.3, 0.4) is 0 Å². The van der Waals surface area contributed by atoms with Crippen LogP contribution in [0, 0.1) is 0 Å². The molecule has 0 heterocycles. The van der Waals surface area contributed by atoms with E-state index in [1.807, 2.05) is 0 Å². The molecule has 0 amide bonds. The van der Waals surface area contributed by atoms with Crippen molar-refractivity contribution >= 4 is 15.7 Å². The van der Waals surface area contributed by atoms with Crippen molar-refractivity contribution < 1.29 is 13.2 Å². The Balaban J connectivity index is 3.28. The molecule has 17 heavy (non-hydrogen) atoms. The Kier molecular flexibility index (Phi) is 4.14. The van der Waals surface area contributed by atoms with Crippen LogP contribution in [0.4, 0.5) is 5.69 Å². The maximum Gasteiger partial charge on any atom is 0.246 e. The van der Waals surface area contributed by atoms with Gasteiger partial charge in [-0.05, 0) is 12.1 Å². The van der Waals surface area contributed by atoms with E-state index in [0.29, 0.717) is 5.69 Å². The van der Waals surface area contributed by atoms with Crippen molar-refractivity contribution in [2.24, 2.45) is 0 Å². The fourth-order valence-corrected chi connectivity index (χ4v) is 2.62. The van der Waals surface area contributed by atoms with Crippen molar-refractivity contribution in [1.29, 1.82) is 0 Å². The third kappa shape index (κ3) is 2.78. The molecule has 2 N–H and O–H groups in total.